The summed E-state index contributed by atoms with van der Waals surface area (Å²) in [5.74, 6) is 0.849. The lowest BCUT2D eigenvalue weighted by Gasteiger charge is -2.29. The molecule has 0 saturated carbocycles. The van der Waals surface area contributed by atoms with E-state index in [9.17, 15) is 9.59 Å². The summed E-state index contributed by atoms with van der Waals surface area (Å²) in [6.07, 6.45) is 3.78. The van der Waals surface area contributed by atoms with Crippen LogP contribution < -0.4 is 14.8 Å². The molecule has 2 heterocycles. The normalized spacial score (nSPS) is 12.7. The van der Waals surface area contributed by atoms with Crippen molar-refractivity contribution in [1.82, 2.24) is 15.2 Å². The van der Waals surface area contributed by atoms with E-state index in [2.05, 4.69) is 16.9 Å². The summed E-state index contributed by atoms with van der Waals surface area (Å²) in [5, 5.41) is 2.66. The van der Waals surface area contributed by atoms with Crippen LogP contribution in [0.4, 0.5) is 0 Å². The van der Waals surface area contributed by atoms with Crippen LogP contribution in [0.3, 0.4) is 0 Å². The summed E-state index contributed by atoms with van der Waals surface area (Å²) >= 11 is 0. The van der Waals surface area contributed by atoms with Gasteiger partial charge in [-0.25, -0.2) is 0 Å². The average Bonchev–Trinajstić information content (AvgIpc) is 2.75. The smallest absolute Gasteiger partial charge is 0.270 e. The topological polar surface area (TPSA) is 80.8 Å². The average molecular weight is 381 g/mol. The zero-order valence-electron chi connectivity index (χ0n) is 16.0. The number of amides is 2. The molecule has 0 bridgehead atoms. The van der Waals surface area contributed by atoms with Crippen molar-refractivity contribution in [3.63, 3.8) is 0 Å². The lowest BCUT2D eigenvalue weighted by atomic mass is 9.98. The quantitative estimate of drug-likeness (QED) is 0.776. The summed E-state index contributed by atoms with van der Waals surface area (Å²) in [7, 11) is 3.20. The second kappa shape index (κ2) is 8.56. The van der Waals surface area contributed by atoms with Gasteiger partial charge in [-0.15, -0.1) is 6.58 Å². The van der Waals surface area contributed by atoms with E-state index in [-0.39, 0.29) is 17.5 Å². The molecule has 3 rings (SSSR count). The van der Waals surface area contributed by atoms with Crippen molar-refractivity contribution >= 4 is 11.8 Å². The van der Waals surface area contributed by atoms with Crippen molar-refractivity contribution in [3.8, 4) is 11.5 Å². The first-order chi connectivity index (χ1) is 13.6. The van der Waals surface area contributed by atoms with Crippen LogP contribution in [-0.2, 0) is 13.0 Å². The first kappa shape index (κ1) is 19.4. The molecule has 0 unspecified atom stereocenters. The standard InChI is InChI=1S/C21H23N3O4/c1-4-7-23-20(25)17-10-15(5-8-22-17)21(26)24-9-6-14-11-18(27-2)19(28-3)12-16(14)13-24/h4-5,8,10-12H,1,6-7,9,13H2,2-3H3,(H,23,25). The van der Waals surface area contributed by atoms with Gasteiger partial charge in [0, 0.05) is 31.4 Å². The van der Waals surface area contributed by atoms with E-state index in [1.165, 1.54) is 12.3 Å². The van der Waals surface area contributed by atoms with Crippen molar-refractivity contribution in [2.45, 2.75) is 13.0 Å². The third-order valence-corrected chi connectivity index (χ3v) is 4.65. The summed E-state index contributed by atoms with van der Waals surface area (Å²) in [5.41, 5.74) is 2.80. The Kier molecular flexibility index (Phi) is 5.93. The molecule has 0 aliphatic carbocycles. The molecular weight excluding hydrogens is 358 g/mol. The van der Waals surface area contributed by atoms with Crippen molar-refractivity contribution in [2.24, 2.45) is 0 Å². The highest BCUT2D eigenvalue weighted by atomic mass is 16.5. The SMILES string of the molecule is C=CCNC(=O)c1cc(C(=O)N2CCc3cc(OC)c(OC)cc3C2)ccn1. The van der Waals surface area contributed by atoms with Gasteiger partial charge in [-0.2, -0.15) is 0 Å². The van der Waals surface area contributed by atoms with E-state index >= 15 is 0 Å². The fourth-order valence-electron chi connectivity index (χ4n) is 3.18. The van der Waals surface area contributed by atoms with Crippen molar-refractivity contribution in [2.75, 3.05) is 27.3 Å². The number of rotatable bonds is 6. The number of hydrogen-bond donors (Lipinski definition) is 1. The number of hydrogen-bond acceptors (Lipinski definition) is 5. The Labute approximate surface area is 164 Å². The van der Waals surface area contributed by atoms with Crippen LogP contribution in [0.25, 0.3) is 0 Å². The monoisotopic (exact) mass is 381 g/mol. The van der Waals surface area contributed by atoms with Crippen LogP contribution in [0, 0.1) is 0 Å². The maximum Gasteiger partial charge on any atom is 0.270 e. The highest BCUT2D eigenvalue weighted by molar-refractivity contribution is 5.98. The van der Waals surface area contributed by atoms with Gasteiger partial charge in [-0.1, -0.05) is 6.08 Å². The Morgan fingerprint density at radius 2 is 1.93 bits per heavy atom. The molecule has 146 valence electrons. The van der Waals surface area contributed by atoms with Gasteiger partial charge in [0.05, 0.1) is 14.2 Å². The van der Waals surface area contributed by atoms with Crippen molar-refractivity contribution < 1.29 is 19.1 Å². The van der Waals surface area contributed by atoms with Gasteiger partial charge in [0.25, 0.3) is 11.8 Å². The Bertz CT molecular complexity index is 911. The zero-order valence-corrected chi connectivity index (χ0v) is 16.0. The predicted octanol–water partition coefficient (Wildman–Crippen LogP) is 2.21. The Morgan fingerprint density at radius 3 is 2.61 bits per heavy atom. The summed E-state index contributed by atoms with van der Waals surface area (Å²) < 4.78 is 10.7. The second-order valence-corrected chi connectivity index (χ2v) is 6.38. The van der Waals surface area contributed by atoms with Gasteiger partial charge in [-0.3, -0.25) is 14.6 Å². The number of nitrogens with one attached hydrogen (secondary N) is 1. The lowest BCUT2D eigenvalue weighted by molar-refractivity contribution is 0.0734. The second-order valence-electron chi connectivity index (χ2n) is 6.38. The minimum atomic E-state index is -0.338. The fraction of sp³-hybridized carbons (Fsp3) is 0.286. The molecule has 2 amide bonds. The number of methoxy groups -OCH3 is 2. The molecular formula is C21H23N3O4. The number of nitrogens with zero attached hydrogens (tertiary/aromatic N) is 2. The zero-order chi connectivity index (χ0) is 20.1. The third kappa shape index (κ3) is 3.98. The highest BCUT2D eigenvalue weighted by Crippen LogP contribution is 2.33. The lowest BCUT2D eigenvalue weighted by Crippen LogP contribution is -2.36. The molecule has 7 nitrogen and oxygen atoms in total. The van der Waals surface area contributed by atoms with Crippen LogP contribution in [-0.4, -0.2) is 49.0 Å². The van der Waals surface area contributed by atoms with Gasteiger partial charge >= 0.3 is 0 Å². The highest BCUT2D eigenvalue weighted by Gasteiger charge is 2.24. The van der Waals surface area contributed by atoms with E-state index in [1.807, 2.05) is 12.1 Å². The number of carbonyl (C=O) groups is 2. The van der Waals surface area contributed by atoms with E-state index in [4.69, 9.17) is 9.47 Å². The third-order valence-electron chi connectivity index (χ3n) is 4.65. The van der Waals surface area contributed by atoms with Crippen LogP contribution in [0.15, 0.2) is 43.1 Å². The molecule has 1 aliphatic heterocycles. The van der Waals surface area contributed by atoms with Gasteiger partial charge in [0.2, 0.25) is 0 Å². The van der Waals surface area contributed by atoms with Crippen molar-refractivity contribution in [1.29, 1.82) is 0 Å². The van der Waals surface area contributed by atoms with Gasteiger partial charge in [-0.05, 0) is 41.8 Å². The Hall–Kier alpha value is -3.35. The summed E-state index contributed by atoms with van der Waals surface area (Å²) in [6, 6.07) is 7.01. The molecule has 1 aliphatic rings. The van der Waals surface area contributed by atoms with Crippen molar-refractivity contribution in [3.05, 3.63) is 65.5 Å². The number of ether oxygens (including phenoxy) is 2. The van der Waals surface area contributed by atoms with Crippen LogP contribution in [0.2, 0.25) is 0 Å². The van der Waals surface area contributed by atoms with Crippen LogP contribution in [0.1, 0.15) is 32.0 Å². The molecule has 0 atom stereocenters. The van der Waals surface area contributed by atoms with E-state index < -0.39 is 0 Å². The van der Waals surface area contributed by atoms with Crippen LogP contribution >= 0.6 is 0 Å². The van der Waals surface area contributed by atoms with E-state index in [0.29, 0.717) is 36.7 Å². The largest absolute Gasteiger partial charge is 0.493 e. The molecule has 0 radical (unpaired) electrons. The predicted molar refractivity (Wildman–Crippen MR) is 105 cm³/mol. The molecule has 1 aromatic heterocycles. The van der Waals surface area contributed by atoms with E-state index in [0.717, 1.165) is 17.5 Å². The Morgan fingerprint density at radius 1 is 1.21 bits per heavy atom. The number of carbonyl (C=O) groups excluding carboxylic acids is 2. The molecule has 0 spiro atoms. The molecule has 1 N–H and O–H groups in total. The van der Waals surface area contributed by atoms with Crippen LogP contribution in [0.5, 0.6) is 11.5 Å². The first-order valence-electron chi connectivity index (χ1n) is 8.95. The van der Waals surface area contributed by atoms with Gasteiger partial charge in [0.15, 0.2) is 11.5 Å². The number of fused-ring (bicyclic) bond motifs is 1. The molecule has 0 fully saturated rings. The Balaban J connectivity index is 1.79. The molecule has 2 aromatic rings. The summed E-state index contributed by atoms with van der Waals surface area (Å²) in [6.45, 7) is 4.95. The molecule has 28 heavy (non-hydrogen) atoms. The summed E-state index contributed by atoms with van der Waals surface area (Å²) in [4.78, 5) is 30.9. The van der Waals surface area contributed by atoms with Gasteiger partial charge < -0.3 is 19.7 Å². The maximum atomic E-state index is 13.0. The van der Waals surface area contributed by atoms with E-state index in [1.54, 1.807) is 31.3 Å². The number of aromatic nitrogens is 1. The molecule has 1 aromatic carbocycles. The molecule has 0 saturated heterocycles. The number of benzene rings is 1. The maximum absolute atomic E-state index is 13.0. The minimum Gasteiger partial charge on any atom is -0.493 e. The first-order valence-corrected chi connectivity index (χ1v) is 8.95. The fourth-order valence-corrected chi connectivity index (χ4v) is 3.18. The molecule has 7 heteroatoms. The van der Waals surface area contributed by atoms with Gasteiger partial charge in [0.1, 0.15) is 5.69 Å². The minimum absolute atomic E-state index is 0.138. The number of pyridine rings is 1.